The molecular formula is C8H12NO. The summed E-state index contributed by atoms with van der Waals surface area (Å²) in [6.07, 6.45) is 2.47. The van der Waals surface area contributed by atoms with E-state index in [2.05, 4.69) is 11.3 Å². The zero-order chi connectivity index (χ0) is 6.55. The summed E-state index contributed by atoms with van der Waals surface area (Å²) in [5, 5.41) is 0. The van der Waals surface area contributed by atoms with Gasteiger partial charge in [0.05, 0.1) is 19.3 Å². The average molecular weight is 138 g/mol. The molecule has 10 heavy (non-hydrogen) atoms. The largest absolute Gasteiger partial charge is 0.378 e. The minimum Gasteiger partial charge on any atom is -0.378 e. The highest BCUT2D eigenvalue weighted by molar-refractivity contribution is 5.13. The third kappa shape index (κ3) is 0.663. The fourth-order valence-electron chi connectivity index (χ4n) is 1.99. The minimum absolute atomic E-state index is 0.779. The number of nitrogens with zero attached hydrogens (tertiary/aromatic N) is 1. The summed E-state index contributed by atoms with van der Waals surface area (Å²) in [6, 6.07) is 0.779. The van der Waals surface area contributed by atoms with Gasteiger partial charge in [-0.15, -0.1) is 0 Å². The Morgan fingerprint density at radius 2 is 1.90 bits per heavy atom. The molecule has 3 rings (SSSR count). The maximum absolute atomic E-state index is 5.15. The Hall–Kier alpha value is -0.0800. The Morgan fingerprint density at radius 3 is 2.40 bits per heavy atom. The molecule has 0 aromatic carbocycles. The first-order chi connectivity index (χ1) is 4.93. The fourth-order valence-corrected chi connectivity index (χ4v) is 1.99. The average Bonchev–Trinajstić information content (AvgIpc) is 2.36. The van der Waals surface area contributed by atoms with Crippen LogP contribution in [0.4, 0.5) is 0 Å². The first kappa shape index (κ1) is 5.56. The van der Waals surface area contributed by atoms with Crippen molar-refractivity contribution in [3.05, 3.63) is 6.42 Å². The van der Waals surface area contributed by atoms with Crippen molar-refractivity contribution in [2.45, 2.75) is 6.04 Å². The second kappa shape index (κ2) is 1.74. The van der Waals surface area contributed by atoms with Gasteiger partial charge in [-0.05, 0) is 18.3 Å². The van der Waals surface area contributed by atoms with Crippen LogP contribution in [0, 0.1) is 18.3 Å². The van der Waals surface area contributed by atoms with E-state index in [4.69, 9.17) is 4.74 Å². The van der Waals surface area contributed by atoms with E-state index in [1.807, 2.05) is 0 Å². The molecule has 2 saturated heterocycles. The lowest BCUT2D eigenvalue weighted by molar-refractivity contribution is -0.0595. The molecule has 3 aliphatic rings. The highest BCUT2D eigenvalue weighted by atomic mass is 16.5. The number of rotatable bonds is 1. The minimum atomic E-state index is 0.779. The van der Waals surface area contributed by atoms with Gasteiger partial charge in [0.2, 0.25) is 0 Å². The first-order valence-corrected chi connectivity index (χ1v) is 4.10. The van der Waals surface area contributed by atoms with Gasteiger partial charge in [0.25, 0.3) is 0 Å². The van der Waals surface area contributed by atoms with Gasteiger partial charge in [-0.3, -0.25) is 4.90 Å². The predicted molar refractivity (Wildman–Crippen MR) is 37.5 cm³/mol. The monoisotopic (exact) mass is 138 g/mol. The molecule has 3 fully saturated rings. The van der Waals surface area contributed by atoms with E-state index in [1.165, 1.54) is 13.1 Å². The van der Waals surface area contributed by atoms with E-state index in [-0.39, 0.29) is 0 Å². The predicted octanol–water partition coefficient (Wildman–Crippen LogP) is 0.151. The van der Waals surface area contributed by atoms with Crippen LogP contribution in [0.2, 0.25) is 0 Å². The van der Waals surface area contributed by atoms with Crippen LogP contribution in [0.3, 0.4) is 0 Å². The maximum atomic E-state index is 5.15. The number of likely N-dealkylation sites (tertiary alicyclic amines) is 1. The molecule has 2 heterocycles. The molecule has 2 heteroatoms. The molecule has 0 N–H and O–H groups in total. The number of hydrogen-bond donors (Lipinski definition) is 0. The molecule has 0 amide bonds. The molecule has 0 aromatic rings. The van der Waals surface area contributed by atoms with Crippen molar-refractivity contribution in [2.24, 2.45) is 11.8 Å². The highest BCUT2D eigenvalue weighted by Crippen LogP contribution is 2.44. The zero-order valence-corrected chi connectivity index (χ0v) is 5.99. The van der Waals surface area contributed by atoms with E-state index in [1.54, 1.807) is 0 Å². The van der Waals surface area contributed by atoms with E-state index >= 15 is 0 Å². The smallest absolute Gasteiger partial charge is 0.0645 e. The second-order valence-corrected chi connectivity index (χ2v) is 3.67. The van der Waals surface area contributed by atoms with Crippen LogP contribution in [-0.2, 0) is 4.74 Å². The number of ether oxygens (including phenoxy) is 1. The molecule has 2 unspecified atom stereocenters. The van der Waals surface area contributed by atoms with Crippen LogP contribution in [0.1, 0.15) is 0 Å². The molecule has 0 spiro atoms. The molecule has 1 saturated carbocycles. The van der Waals surface area contributed by atoms with Gasteiger partial charge < -0.3 is 4.74 Å². The standard InChI is InChI=1S/C8H12NO/c1-6-2-9(3-7(1)6)8-4-10-5-8/h1,6-8H,2-5H2. The molecule has 55 valence electrons. The zero-order valence-electron chi connectivity index (χ0n) is 5.99. The number of piperidine rings is 1. The van der Waals surface area contributed by atoms with Gasteiger partial charge in [-0.1, -0.05) is 0 Å². The summed E-state index contributed by atoms with van der Waals surface area (Å²) in [6.45, 7) is 4.61. The Labute approximate surface area is 61.1 Å². The van der Waals surface area contributed by atoms with Gasteiger partial charge in [0.1, 0.15) is 0 Å². The molecule has 2 atom stereocenters. The lowest BCUT2D eigenvalue weighted by atomic mass is 10.2. The van der Waals surface area contributed by atoms with Gasteiger partial charge in [0.15, 0.2) is 0 Å². The summed E-state index contributed by atoms with van der Waals surface area (Å²) in [5.74, 6) is 1.92. The lowest BCUT2D eigenvalue weighted by Gasteiger charge is -2.35. The fraction of sp³-hybridized carbons (Fsp3) is 0.875. The van der Waals surface area contributed by atoms with Gasteiger partial charge in [-0.2, -0.15) is 0 Å². The summed E-state index contributed by atoms with van der Waals surface area (Å²) < 4.78 is 5.15. The Balaban J connectivity index is 1.63. The number of fused-ring (bicyclic) bond motifs is 1. The van der Waals surface area contributed by atoms with Gasteiger partial charge >= 0.3 is 0 Å². The van der Waals surface area contributed by atoms with Crippen LogP contribution in [0.15, 0.2) is 0 Å². The second-order valence-electron chi connectivity index (χ2n) is 3.67. The third-order valence-electron chi connectivity index (χ3n) is 2.93. The van der Waals surface area contributed by atoms with Crippen molar-refractivity contribution in [1.29, 1.82) is 0 Å². The maximum Gasteiger partial charge on any atom is 0.0645 e. The van der Waals surface area contributed by atoms with E-state index in [9.17, 15) is 0 Å². The van der Waals surface area contributed by atoms with Crippen molar-refractivity contribution in [3.8, 4) is 0 Å². The molecule has 0 aromatic heterocycles. The van der Waals surface area contributed by atoms with Crippen molar-refractivity contribution in [2.75, 3.05) is 26.3 Å². The van der Waals surface area contributed by atoms with Crippen molar-refractivity contribution in [1.82, 2.24) is 4.90 Å². The van der Waals surface area contributed by atoms with Gasteiger partial charge in [-0.25, -0.2) is 0 Å². The molecule has 0 bridgehead atoms. The highest BCUT2D eigenvalue weighted by Gasteiger charge is 2.48. The van der Waals surface area contributed by atoms with E-state index in [0.29, 0.717) is 0 Å². The van der Waals surface area contributed by atoms with Crippen molar-refractivity contribution >= 4 is 0 Å². The van der Waals surface area contributed by atoms with Crippen LogP contribution >= 0.6 is 0 Å². The molecule has 2 aliphatic heterocycles. The molecule has 1 aliphatic carbocycles. The first-order valence-electron chi connectivity index (χ1n) is 4.10. The van der Waals surface area contributed by atoms with Crippen LogP contribution in [0.25, 0.3) is 0 Å². The van der Waals surface area contributed by atoms with Crippen LogP contribution in [-0.4, -0.2) is 37.2 Å². The van der Waals surface area contributed by atoms with E-state index < -0.39 is 0 Å². The molecule has 2 nitrogen and oxygen atoms in total. The van der Waals surface area contributed by atoms with E-state index in [0.717, 1.165) is 31.1 Å². The summed E-state index contributed by atoms with van der Waals surface area (Å²) in [5.41, 5.74) is 0. The lowest BCUT2D eigenvalue weighted by Crippen LogP contribution is -2.48. The van der Waals surface area contributed by atoms with Crippen molar-refractivity contribution < 1.29 is 4.74 Å². The Morgan fingerprint density at radius 1 is 1.20 bits per heavy atom. The van der Waals surface area contributed by atoms with Crippen LogP contribution < -0.4 is 0 Å². The summed E-state index contributed by atoms with van der Waals surface area (Å²) >= 11 is 0. The van der Waals surface area contributed by atoms with Crippen molar-refractivity contribution in [3.63, 3.8) is 0 Å². The number of hydrogen-bond acceptors (Lipinski definition) is 2. The molecular weight excluding hydrogens is 126 g/mol. The van der Waals surface area contributed by atoms with Gasteiger partial charge in [0, 0.05) is 13.1 Å². The summed E-state index contributed by atoms with van der Waals surface area (Å²) in [7, 11) is 0. The Bertz CT molecular complexity index is 145. The topological polar surface area (TPSA) is 12.5 Å². The quantitative estimate of drug-likeness (QED) is 0.511. The molecule has 1 radical (unpaired) electrons. The summed E-state index contributed by atoms with van der Waals surface area (Å²) in [4.78, 5) is 2.58. The normalized spacial score (nSPS) is 46.8. The third-order valence-corrected chi connectivity index (χ3v) is 2.93. The SMILES string of the molecule is [CH]1C2CN(C3COC3)CC12. The Kier molecular flexibility index (Phi) is 0.968. The van der Waals surface area contributed by atoms with Crippen LogP contribution in [0.5, 0.6) is 0 Å².